The summed E-state index contributed by atoms with van der Waals surface area (Å²) in [6.45, 7) is 0. The molecule has 0 radical (unpaired) electrons. The first-order valence-electron chi connectivity index (χ1n) is 5.34. The topological polar surface area (TPSA) is 62.2 Å². The van der Waals surface area contributed by atoms with Gasteiger partial charge in [-0.05, 0) is 23.8 Å². The van der Waals surface area contributed by atoms with Crippen molar-refractivity contribution in [2.45, 2.75) is 0 Å². The number of carbonyl (C=O) groups is 1. The zero-order valence-corrected chi connectivity index (χ0v) is 10.6. The number of carboxylic acids is 1. The number of nitrogens with zero attached hydrogens (tertiary/aromatic N) is 1. The monoisotopic (exact) mass is 260 g/mol. The van der Waals surface area contributed by atoms with E-state index in [9.17, 15) is 4.79 Å². The molecule has 0 aliphatic rings. The molecule has 0 saturated carbocycles. The molecule has 1 heterocycles. The summed E-state index contributed by atoms with van der Waals surface area (Å²) in [5.74, 6) is -0.920. The van der Waals surface area contributed by atoms with Crippen LogP contribution in [0.4, 0.5) is 5.13 Å². The van der Waals surface area contributed by atoms with Gasteiger partial charge >= 0.3 is 5.97 Å². The quantitative estimate of drug-likeness (QED) is 0.887. The van der Waals surface area contributed by atoms with E-state index in [2.05, 4.69) is 10.3 Å². The van der Waals surface area contributed by atoms with Gasteiger partial charge in [0, 0.05) is 12.4 Å². The van der Waals surface area contributed by atoms with Gasteiger partial charge in [-0.15, -0.1) is 11.3 Å². The van der Waals surface area contributed by atoms with E-state index in [1.54, 1.807) is 18.2 Å². The molecule has 4 nitrogen and oxygen atoms in total. The van der Waals surface area contributed by atoms with E-state index in [-0.39, 0.29) is 5.56 Å². The fourth-order valence-electron chi connectivity index (χ4n) is 1.43. The summed E-state index contributed by atoms with van der Waals surface area (Å²) >= 11 is 1.53. The Labute approximate surface area is 109 Å². The van der Waals surface area contributed by atoms with E-state index in [4.69, 9.17) is 5.11 Å². The predicted molar refractivity (Wildman–Crippen MR) is 74.0 cm³/mol. The Hall–Kier alpha value is -2.14. The molecule has 5 heteroatoms. The lowest BCUT2D eigenvalue weighted by Gasteiger charge is -1.96. The average Bonchev–Trinajstić information content (AvgIpc) is 2.84. The van der Waals surface area contributed by atoms with Gasteiger partial charge in [0.15, 0.2) is 5.13 Å². The van der Waals surface area contributed by atoms with Gasteiger partial charge in [0.25, 0.3) is 0 Å². The maximum atomic E-state index is 10.8. The molecule has 0 aliphatic heterocycles. The maximum Gasteiger partial charge on any atom is 0.335 e. The zero-order chi connectivity index (χ0) is 13.0. The van der Waals surface area contributed by atoms with Crippen LogP contribution in [-0.2, 0) is 0 Å². The van der Waals surface area contributed by atoms with Crippen molar-refractivity contribution in [1.82, 2.24) is 4.98 Å². The lowest BCUT2D eigenvalue weighted by molar-refractivity contribution is 0.0697. The highest BCUT2D eigenvalue weighted by molar-refractivity contribution is 7.13. The molecule has 92 valence electrons. The first kappa shape index (κ1) is 12.3. The fraction of sp³-hybridized carbons (Fsp3) is 0.0769. The van der Waals surface area contributed by atoms with E-state index in [0.29, 0.717) is 0 Å². The minimum Gasteiger partial charge on any atom is -0.478 e. The summed E-state index contributed by atoms with van der Waals surface area (Å²) < 4.78 is 0. The Morgan fingerprint density at radius 3 is 2.94 bits per heavy atom. The average molecular weight is 260 g/mol. The largest absolute Gasteiger partial charge is 0.478 e. The van der Waals surface area contributed by atoms with Gasteiger partial charge in [0.1, 0.15) is 0 Å². The van der Waals surface area contributed by atoms with Crippen LogP contribution in [0.25, 0.3) is 12.2 Å². The van der Waals surface area contributed by atoms with Gasteiger partial charge in [-0.2, -0.15) is 0 Å². The van der Waals surface area contributed by atoms with Crippen molar-refractivity contribution in [3.63, 3.8) is 0 Å². The van der Waals surface area contributed by atoms with Crippen LogP contribution in [0.1, 0.15) is 21.6 Å². The maximum absolute atomic E-state index is 10.8. The van der Waals surface area contributed by atoms with Crippen LogP contribution < -0.4 is 5.32 Å². The molecule has 0 amide bonds. The highest BCUT2D eigenvalue weighted by Crippen LogP contribution is 2.17. The Morgan fingerprint density at radius 2 is 2.28 bits per heavy atom. The molecule has 2 aromatic rings. The van der Waals surface area contributed by atoms with Gasteiger partial charge < -0.3 is 10.4 Å². The minimum absolute atomic E-state index is 0.284. The summed E-state index contributed by atoms with van der Waals surface area (Å²) in [7, 11) is 1.82. The lowest BCUT2D eigenvalue weighted by Crippen LogP contribution is -1.95. The fourth-order valence-corrected chi connectivity index (χ4v) is 2.07. The third kappa shape index (κ3) is 2.95. The van der Waals surface area contributed by atoms with Crippen LogP contribution in [0.3, 0.4) is 0 Å². The summed E-state index contributed by atoms with van der Waals surface area (Å²) in [5, 5.41) is 14.6. The summed E-state index contributed by atoms with van der Waals surface area (Å²) in [6.07, 6.45) is 3.71. The van der Waals surface area contributed by atoms with Gasteiger partial charge in [-0.3, -0.25) is 0 Å². The molecule has 0 spiro atoms. The molecule has 0 aliphatic carbocycles. The van der Waals surface area contributed by atoms with Crippen molar-refractivity contribution in [2.24, 2.45) is 0 Å². The van der Waals surface area contributed by atoms with E-state index < -0.39 is 5.97 Å². The van der Waals surface area contributed by atoms with Crippen LogP contribution in [-0.4, -0.2) is 23.1 Å². The van der Waals surface area contributed by atoms with Crippen molar-refractivity contribution in [2.75, 3.05) is 12.4 Å². The Morgan fingerprint density at radius 1 is 1.44 bits per heavy atom. The number of aromatic carboxylic acids is 1. The van der Waals surface area contributed by atoms with Gasteiger partial charge in [0.05, 0.1) is 11.3 Å². The molecule has 2 N–H and O–H groups in total. The van der Waals surface area contributed by atoms with Gasteiger partial charge in [-0.1, -0.05) is 18.2 Å². The number of rotatable bonds is 4. The first-order valence-corrected chi connectivity index (χ1v) is 6.22. The van der Waals surface area contributed by atoms with Crippen LogP contribution in [0.2, 0.25) is 0 Å². The molecular formula is C13H12N2O2S. The minimum atomic E-state index is -0.920. The summed E-state index contributed by atoms with van der Waals surface area (Å²) in [5.41, 5.74) is 1.98. The van der Waals surface area contributed by atoms with Crippen LogP contribution in [0, 0.1) is 0 Å². The molecule has 0 bridgehead atoms. The number of nitrogens with one attached hydrogen (secondary N) is 1. The second-order valence-electron chi connectivity index (χ2n) is 3.59. The van der Waals surface area contributed by atoms with Crippen molar-refractivity contribution in [3.05, 3.63) is 46.5 Å². The van der Waals surface area contributed by atoms with Crippen LogP contribution in [0.5, 0.6) is 0 Å². The number of carboxylic acid groups (broad SMARTS) is 1. The third-order valence-corrected chi connectivity index (χ3v) is 3.19. The van der Waals surface area contributed by atoms with Gasteiger partial charge in [0.2, 0.25) is 0 Å². The first-order chi connectivity index (χ1) is 8.69. The van der Waals surface area contributed by atoms with Crippen LogP contribution in [0.15, 0.2) is 29.6 Å². The Bertz CT molecular complexity index is 590. The highest BCUT2D eigenvalue weighted by Gasteiger charge is 2.01. The Balaban J connectivity index is 2.17. The standard InChI is InChI=1S/C13H12N2O2S/c1-14-13-15-11(8-18-13)6-5-9-3-2-4-10(7-9)12(16)17/h2-8H,1H3,(H,14,15)(H,16,17)/b6-5+. The predicted octanol–water partition coefficient (Wildman–Crippen LogP) is 3.05. The summed E-state index contributed by atoms with van der Waals surface area (Å²) in [6, 6.07) is 6.78. The highest BCUT2D eigenvalue weighted by atomic mass is 32.1. The van der Waals surface area contributed by atoms with Crippen molar-refractivity contribution in [1.29, 1.82) is 0 Å². The molecule has 0 atom stereocenters. The Kier molecular flexibility index (Phi) is 3.74. The smallest absolute Gasteiger partial charge is 0.335 e. The van der Waals surface area contributed by atoms with Crippen molar-refractivity contribution >= 4 is 34.6 Å². The molecule has 1 aromatic carbocycles. The third-order valence-electron chi connectivity index (χ3n) is 2.32. The normalized spacial score (nSPS) is 10.7. The lowest BCUT2D eigenvalue weighted by atomic mass is 10.1. The molecule has 0 fully saturated rings. The number of anilines is 1. The SMILES string of the molecule is CNc1nc(/C=C/c2cccc(C(=O)O)c2)cs1. The molecule has 0 saturated heterocycles. The van der Waals surface area contributed by atoms with Gasteiger partial charge in [-0.25, -0.2) is 9.78 Å². The van der Waals surface area contributed by atoms with E-state index in [1.807, 2.05) is 30.6 Å². The van der Waals surface area contributed by atoms with E-state index in [0.717, 1.165) is 16.4 Å². The van der Waals surface area contributed by atoms with Crippen molar-refractivity contribution < 1.29 is 9.90 Å². The zero-order valence-electron chi connectivity index (χ0n) is 9.75. The molecule has 1 aromatic heterocycles. The molecular weight excluding hydrogens is 248 g/mol. The molecule has 0 unspecified atom stereocenters. The molecule has 2 rings (SSSR count). The number of thiazole rings is 1. The van der Waals surface area contributed by atoms with Crippen LogP contribution >= 0.6 is 11.3 Å². The second kappa shape index (κ2) is 5.46. The van der Waals surface area contributed by atoms with E-state index >= 15 is 0 Å². The van der Waals surface area contributed by atoms with E-state index in [1.165, 1.54) is 11.3 Å². The summed E-state index contributed by atoms with van der Waals surface area (Å²) in [4.78, 5) is 15.1. The number of aromatic nitrogens is 1. The second-order valence-corrected chi connectivity index (χ2v) is 4.45. The molecule has 18 heavy (non-hydrogen) atoms. The number of hydrogen-bond acceptors (Lipinski definition) is 4. The number of benzene rings is 1. The van der Waals surface area contributed by atoms with Crippen molar-refractivity contribution in [3.8, 4) is 0 Å². The number of hydrogen-bond donors (Lipinski definition) is 2.